The first kappa shape index (κ1) is 12.1. The van der Waals surface area contributed by atoms with E-state index in [2.05, 4.69) is 33.1 Å². The summed E-state index contributed by atoms with van der Waals surface area (Å²) in [7, 11) is 0. The van der Waals surface area contributed by atoms with Crippen molar-refractivity contribution in [3.8, 4) is 0 Å². The smallest absolute Gasteiger partial charge is 0.319 e. The second kappa shape index (κ2) is 5.78. The van der Waals surface area contributed by atoms with E-state index in [1.165, 1.54) is 0 Å². The van der Waals surface area contributed by atoms with Crippen LogP contribution in [-0.2, 0) is 0 Å². The maximum Gasteiger partial charge on any atom is 0.319 e. The Morgan fingerprint density at radius 1 is 1.60 bits per heavy atom. The second-order valence-corrected chi connectivity index (χ2v) is 3.93. The van der Waals surface area contributed by atoms with Gasteiger partial charge in [0.15, 0.2) is 0 Å². The Morgan fingerprint density at radius 3 is 3.00 bits per heavy atom. The van der Waals surface area contributed by atoms with Crippen LogP contribution in [0, 0.1) is 0 Å². The number of hydrogen-bond donors (Lipinski definition) is 2. The quantitative estimate of drug-likeness (QED) is 0.823. The van der Waals surface area contributed by atoms with Crippen LogP contribution in [0.5, 0.6) is 0 Å². The average Bonchev–Trinajstić information content (AvgIpc) is 2.22. The third kappa shape index (κ3) is 3.57. The molecular weight excluding hydrogens is 279 g/mol. The lowest BCUT2D eigenvalue weighted by Gasteiger charge is -2.08. The fourth-order valence-electron chi connectivity index (χ4n) is 0.932. The van der Waals surface area contributed by atoms with Gasteiger partial charge in [0.25, 0.3) is 0 Å². The summed E-state index contributed by atoms with van der Waals surface area (Å²) in [6.07, 6.45) is 1.60. The van der Waals surface area contributed by atoms with Gasteiger partial charge in [0.05, 0.1) is 15.2 Å². The lowest BCUT2D eigenvalue weighted by Crippen LogP contribution is -2.28. The topological polar surface area (TPSA) is 41.1 Å². The molecule has 0 aliphatic heterocycles. The molecule has 0 atom stereocenters. The summed E-state index contributed by atoms with van der Waals surface area (Å²) in [6.45, 7) is 3.92. The van der Waals surface area contributed by atoms with E-state index in [1.807, 2.05) is 0 Å². The number of urea groups is 1. The van der Waals surface area contributed by atoms with Gasteiger partial charge in [-0.2, -0.15) is 0 Å². The number of carbonyl (C=O) groups excluding carboxylic acids is 1. The zero-order valence-corrected chi connectivity index (χ0v) is 10.2. The highest BCUT2D eigenvalue weighted by atomic mass is 79.9. The van der Waals surface area contributed by atoms with E-state index in [0.717, 1.165) is 0 Å². The molecule has 2 N–H and O–H groups in total. The number of anilines is 1. The van der Waals surface area contributed by atoms with Crippen molar-refractivity contribution in [3.05, 3.63) is 40.3 Å². The van der Waals surface area contributed by atoms with Crippen LogP contribution in [-0.4, -0.2) is 12.6 Å². The molecule has 2 amide bonds. The minimum Gasteiger partial charge on any atom is -0.334 e. The van der Waals surface area contributed by atoms with Crippen molar-refractivity contribution >= 4 is 39.2 Å². The number of halogens is 2. The molecule has 80 valence electrons. The van der Waals surface area contributed by atoms with Crippen LogP contribution in [0.15, 0.2) is 35.3 Å². The van der Waals surface area contributed by atoms with E-state index >= 15 is 0 Å². The van der Waals surface area contributed by atoms with Crippen LogP contribution in [0.1, 0.15) is 0 Å². The molecule has 3 nitrogen and oxygen atoms in total. The molecule has 0 radical (unpaired) electrons. The summed E-state index contributed by atoms with van der Waals surface area (Å²) in [6, 6.07) is 4.95. The zero-order chi connectivity index (χ0) is 11.3. The Morgan fingerprint density at radius 2 is 2.33 bits per heavy atom. The number of hydrogen-bond acceptors (Lipinski definition) is 1. The van der Waals surface area contributed by atoms with Crippen LogP contribution in [0.3, 0.4) is 0 Å². The standard InChI is InChI=1S/C10H10BrClN2O/c1-2-6-13-10(15)14-8-5-3-4-7(12)9(8)11/h2-5H,1,6H2,(H2,13,14,15). The van der Waals surface area contributed by atoms with E-state index in [-0.39, 0.29) is 6.03 Å². The fourth-order valence-corrected chi connectivity index (χ4v) is 1.47. The Bertz CT molecular complexity index is 382. The van der Waals surface area contributed by atoms with Gasteiger partial charge in [-0.3, -0.25) is 0 Å². The maximum absolute atomic E-state index is 11.3. The first-order chi connectivity index (χ1) is 7.15. The van der Waals surface area contributed by atoms with Gasteiger partial charge in [-0.15, -0.1) is 6.58 Å². The minimum absolute atomic E-state index is 0.294. The highest BCUT2D eigenvalue weighted by molar-refractivity contribution is 9.10. The number of rotatable bonds is 3. The molecule has 0 fully saturated rings. The first-order valence-corrected chi connectivity index (χ1v) is 5.42. The zero-order valence-electron chi connectivity index (χ0n) is 7.89. The third-order valence-electron chi connectivity index (χ3n) is 1.61. The maximum atomic E-state index is 11.3. The van der Waals surface area contributed by atoms with Gasteiger partial charge in [-0.25, -0.2) is 4.79 Å². The van der Waals surface area contributed by atoms with E-state index in [9.17, 15) is 4.79 Å². The van der Waals surface area contributed by atoms with E-state index in [4.69, 9.17) is 11.6 Å². The second-order valence-electron chi connectivity index (χ2n) is 2.73. The molecule has 1 aromatic carbocycles. The molecule has 0 aliphatic rings. The van der Waals surface area contributed by atoms with Gasteiger partial charge < -0.3 is 10.6 Å². The van der Waals surface area contributed by atoms with Crippen molar-refractivity contribution in [3.63, 3.8) is 0 Å². The molecule has 0 saturated heterocycles. The molecule has 1 aromatic rings. The number of carbonyl (C=O) groups is 1. The molecule has 15 heavy (non-hydrogen) atoms. The summed E-state index contributed by atoms with van der Waals surface area (Å²) in [5.41, 5.74) is 0.629. The van der Waals surface area contributed by atoms with Gasteiger partial charge in [0.2, 0.25) is 0 Å². The molecule has 0 aromatic heterocycles. The molecule has 0 unspecified atom stereocenters. The normalized spacial score (nSPS) is 9.47. The van der Waals surface area contributed by atoms with Gasteiger partial charge in [-0.1, -0.05) is 23.7 Å². The van der Waals surface area contributed by atoms with Crippen molar-refractivity contribution in [2.75, 3.05) is 11.9 Å². The number of nitrogens with one attached hydrogen (secondary N) is 2. The van der Waals surface area contributed by atoms with E-state index in [0.29, 0.717) is 21.7 Å². The lowest BCUT2D eigenvalue weighted by atomic mass is 10.3. The van der Waals surface area contributed by atoms with Crippen molar-refractivity contribution in [2.24, 2.45) is 0 Å². The fraction of sp³-hybridized carbons (Fsp3) is 0.100. The molecular formula is C10H10BrClN2O. The van der Waals surface area contributed by atoms with Crippen molar-refractivity contribution in [1.29, 1.82) is 0 Å². The van der Waals surface area contributed by atoms with E-state index in [1.54, 1.807) is 24.3 Å². The molecule has 0 heterocycles. The van der Waals surface area contributed by atoms with Crippen LogP contribution in [0.4, 0.5) is 10.5 Å². The lowest BCUT2D eigenvalue weighted by molar-refractivity contribution is 0.253. The summed E-state index contributed by atoms with van der Waals surface area (Å²) in [5.74, 6) is 0. The average molecular weight is 290 g/mol. The predicted molar refractivity (Wildman–Crippen MR) is 66.4 cm³/mol. The molecule has 1 rings (SSSR count). The van der Waals surface area contributed by atoms with Gasteiger partial charge in [-0.05, 0) is 28.1 Å². The van der Waals surface area contributed by atoms with Crippen LogP contribution >= 0.6 is 27.5 Å². The number of benzene rings is 1. The van der Waals surface area contributed by atoms with Gasteiger partial charge in [0.1, 0.15) is 0 Å². The molecule has 0 spiro atoms. The largest absolute Gasteiger partial charge is 0.334 e. The summed E-state index contributed by atoms with van der Waals surface area (Å²) < 4.78 is 0.667. The molecule has 0 aliphatic carbocycles. The SMILES string of the molecule is C=CCNC(=O)Nc1cccc(Cl)c1Br. The van der Waals surface area contributed by atoms with Gasteiger partial charge >= 0.3 is 6.03 Å². The van der Waals surface area contributed by atoms with Crippen molar-refractivity contribution < 1.29 is 4.79 Å². The molecule has 5 heteroatoms. The van der Waals surface area contributed by atoms with Gasteiger partial charge in [0, 0.05) is 6.54 Å². The van der Waals surface area contributed by atoms with Crippen LogP contribution in [0.25, 0.3) is 0 Å². The Balaban J connectivity index is 2.68. The summed E-state index contributed by atoms with van der Waals surface area (Å²) >= 11 is 9.15. The minimum atomic E-state index is -0.294. The third-order valence-corrected chi connectivity index (χ3v) is 3.00. The molecule has 0 saturated carbocycles. The Labute approximate surface area is 102 Å². The summed E-state index contributed by atoms with van der Waals surface area (Å²) in [4.78, 5) is 11.3. The summed E-state index contributed by atoms with van der Waals surface area (Å²) in [5, 5.41) is 5.80. The molecule has 0 bridgehead atoms. The highest BCUT2D eigenvalue weighted by Gasteiger charge is 2.06. The Kier molecular flexibility index (Phi) is 4.65. The highest BCUT2D eigenvalue weighted by Crippen LogP contribution is 2.29. The Hall–Kier alpha value is -1.000. The van der Waals surface area contributed by atoms with E-state index < -0.39 is 0 Å². The first-order valence-electron chi connectivity index (χ1n) is 4.25. The number of amides is 2. The monoisotopic (exact) mass is 288 g/mol. The van der Waals surface area contributed by atoms with Crippen LogP contribution in [0.2, 0.25) is 5.02 Å². The van der Waals surface area contributed by atoms with Crippen LogP contribution < -0.4 is 10.6 Å². The van der Waals surface area contributed by atoms with Crippen molar-refractivity contribution in [2.45, 2.75) is 0 Å². The predicted octanol–water partition coefficient (Wildman–Crippen LogP) is 3.41. The van der Waals surface area contributed by atoms with Crippen molar-refractivity contribution in [1.82, 2.24) is 5.32 Å².